The first-order chi connectivity index (χ1) is 14.2. The fraction of sp³-hybridized carbons (Fsp3) is 0.600. The summed E-state index contributed by atoms with van der Waals surface area (Å²) in [6.45, 7) is 5.53. The minimum Gasteiger partial charge on any atom is -0.377 e. The molecule has 3 heterocycles. The topological polar surface area (TPSA) is 98.4 Å². The molecule has 1 unspecified atom stereocenters. The van der Waals surface area contributed by atoms with Crippen LogP contribution in [-0.4, -0.2) is 51.5 Å². The number of halogens is 1. The molecule has 0 bridgehead atoms. The van der Waals surface area contributed by atoms with E-state index in [1.165, 1.54) is 0 Å². The van der Waals surface area contributed by atoms with Gasteiger partial charge >= 0.3 is 0 Å². The molecule has 1 aliphatic heterocycles. The van der Waals surface area contributed by atoms with Gasteiger partial charge in [0.25, 0.3) is 0 Å². The Balaban J connectivity index is 0.00000320. The van der Waals surface area contributed by atoms with Crippen LogP contribution in [0.25, 0.3) is 0 Å². The Labute approximate surface area is 194 Å². The third kappa shape index (κ3) is 7.08. The summed E-state index contributed by atoms with van der Waals surface area (Å²) in [6, 6.07) is 5.51. The van der Waals surface area contributed by atoms with Gasteiger partial charge in [0.2, 0.25) is 5.56 Å². The molecule has 1 aliphatic rings. The number of rotatable bonds is 9. The highest BCUT2D eigenvalue weighted by molar-refractivity contribution is 14.0. The third-order valence-electron chi connectivity index (χ3n) is 4.84. The van der Waals surface area contributed by atoms with Gasteiger partial charge in [0.05, 0.1) is 6.54 Å². The van der Waals surface area contributed by atoms with E-state index in [0.29, 0.717) is 6.61 Å². The summed E-state index contributed by atoms with van der Waals surface area (Å²) in [4.78, 5) is 20.9. The molecule has 2 aromatic heterocycles. The number of fused-ring (bicyclic) bond motifs is 1. The van der Waals surface area contributed by atoms with Gasteiger partial charge in [-0.3, -0.25) is 9.79 Å². The zero-order chi connectivity index (χ0) is 20.5. The fourth-order valence-corrected chi connectivity index (χ4v) is 3.41. The first-order valence-corrected chi connectivity index (χ1v) is 10.3. The molecule has 3 rings (SSSR count). The third-order valence-corrected chi connectivity index (χ3v) is 4.84. The lowest BCUT2D eigenvalue weighted by atomic mass is 10.1. The molecule has 0 radical (unpaired) electrons. The molecule has 0 saturated carbocycles. The van der Waals surface area contributed by atoms with Crippen molar-refractivity contribution in [2.24, 2.45) is 4.99 Å². The van der Waals surface area contributed by atoms with Gasteiger partial charge in [-0.1, -0.05) is 6.07 Å². The van der Waals surface area contributed by atoms with E-state index in [1.807, 2.05) is 16.9 Å². The number of methoxy groups -OCH3 is 1. The molecule has 166 valence electrons. The number of hydrogen-bond acceptors (Lipinski definition) is 5. The van der Waals surface area contributed by atoms with Crippen molar-refractivity contribution >= 4 is 29.9 Å². The van der Waals surface area contributed by atoms with Crippen molar-refractivity contribution in [2.75, 3.05) is 20.2 Å². The van der Waals surface area contributed by atoms with Crippen LogP contribution in [0.2, 0.25) is 0 Å². The Morgan fingerprint density at radius 3 is 3.00 bits per heavy atom. The summed E-state index contributed by atoms with van der Waals surface area (Å²) in [5.41, 5.74) is 0.0458. The number of nitrogens with one attached hydrogen (secondary N) is 2. The molecular formula is C20H32IN7O2. The SMILES string of the molecule is CCNC(=NCCCCn1ccccc1=O)NC1CCc2nc(COC)nn2C1.I. The molecule has 10 heteroatoms. The number of guanidine groups is 1. The standard InChI is InChI=1S/C20H31N7O2.HI/c1-3-21-20(22-11-5-7-13-26-12-6-4-8-19(26)28)23-16-9-10-18-24-17(15-29-2)25-27(18)14-16;/h4,6,8,12,16H,3,5,7,9-11,13-15H2,1-2H3,(H2,21,22,23);1H. The first kappa shape index (κ1) is 24.3. The molecule has 0 amide bonds. The summed E-state index contributed by atoms with van der Waals surface area (Å²) in [6.07, 6.45) is 5.56. The Morgan fingerprint density at radius 2 is 2.23 bits per heavy atom. The summed E-state index contributed by atoms with van der Waals surface area (Å²) < 4.78 is 8.83. The van der Waals surface area contributed by atoms with Gasteiger partial charge in [0, 0.05) is 51.5 Å². The van der Waals surface area contributed by atoms with E-state index < -0.39 is 0 Å². The average Bonchev–Trinajstić information content (AvgIpc) is 3.11. The van der Waals surface area contributed by atoms with Gasteiger partial charge in [-0.25, -0.2) is 9.67 Å². The zero-order valence-electron chi connectivity index (χ0n) is 17.7. The molecule has 0 fully saturated rings. The predicted octanol–water partition coefficient (Wildman–Crippen LogP) is 1.55. The lowest BCUT2D eigenvalue weighted by molar-refractivity contribution is 0.177. The smallest absolute Gasteiger partial charge is 0.250 e. The van der Waals surface area contributed by atoms with Crippen molar-refractivity contribution in [1.82, 2.24) is 30.0 Å². The van der Waals surface area contributed by atoms with E-state index in [0.717, 1.165) is 69.5 Å². The van der Waals surface area contributed by atoms with Crippen LogP contribution in [0.15, 0.2) is 34.2 Å². The maximum Gasteiger partial charge on any atom is 0.250 e. The zero-order valence-corrected chi connectivity index (χ0v) is 20.0. The lowest BCUT2D eigenvalue weighted by Gasteiger charge is -2.25. The maximum atomic E-state index is 11.7. The van der Waals surface area contributed by atoms with E-state index >= 15 is 0 Å². The number of aryl methyl sites for hydroxylation is 2. The molecule has 1 atom stereocenters. The fourth-order valence-electron chi connectivity index (χ4n) is 3.41. The van der Waals surface area contributed by atoms with Crippen molar-refractivity contribution in [1.29, 1.82) is 0 Å². The van der Waals surface area contributed by atoms with Crippen molar-refractivity contribution in [3.63, 3.8) is 0 Å². The Hall–Kier alpha value is -1.95. The molecular weight excluding hydrogens is 497 g/mol. The molecule has 0 aromatic carbocycles. The molecule has 0 spiro atoms. The number of ether oxygens (including phenoxy) is 1. The van der Waals surface area contributed by atoms with E-state index in [2.05, 4.69) is 27.6 Å². The maximum absolute atomic E-state index is 11.7. The van der Waals surface area contributed by atoms with E-state index in [-0.39, 0.29) is 35.6 Å². The largest absolute Gasteiger partial charge is 0.377 e. The minimum atomic E-state index is 0. The molecule has 9 nitrogen and oxygen atoms in total. The number of aliphatic imine (C=N–C) groups is 1. The van der Waals surface area contributed by atoms with Crippen LogP contribution in [0.4, 0.5) is 0 Å². The molecule has 2 N–H and O–H groups in total. The number of unbranched alkanes of at least 4 members (excludes halogenated alkanes) is 1. The highest BCUT2D eigenvalue weighted by Crippen LogP contribution is 2.13. The highest BCUT2D eigenvalue weighted by Gasteiger charge is 2.22. The lowest BCUT2D eigenvalue weighted by Crippen LogP contribution is -2.47. The quantitative estimate of drug-likeness (QED) is 0.222. The summed E-state index contributed by atoms with van der Waals surface area (Å²) in [5.74, 6) is 2.59. The second-order valence-electron chi connectivity index (χ2n) is 7.14. The van der Waals surface area contributed by atoms with Crippen LogP contribution in [0.1, 0.15) is 37.8 Å². The number of hydrogen-bond donors (Lipinski definition) is 2. The van der Waals surface area contributed by atoms with Crippen molar-refractivity contribution in [3.8, 4) is 0 Å². The van der Waals surface area contributed by atoms with Crippen LogP contribution in [0.3, 0.4) is 0 Å². The minimum absolute atomic E-state index is 0. The number of nitrogens with zero attached hydrogens (tertiary/aromatic N) is 5. The Kier molecular flexibility index (Phi) is 10.3. The number of aromatic nitrogens is 4. The normalized spacial score (nSPS) is 15.9. The molecule has 0 aliphatic carbocycles. The van der Waals surface area contributed by atoms with Gasteiger partial charge in [0.15, 0.2) is 11.8 Å². The molecule has 30 heavy (non-hydrogen) atoms. The van der Waals surface area contributed by atoms with Gasteiger partial charge in [-0.15, -0.1) is 24.0 Å². The van der Waals surface area contributed by atoms with Crippen LogP contribution >= 0.6 is 24.0 Å². The molecule has 2 aromatic rings. The van der Waals surface area contributed by atoms with E-state index in [4.69, 9.17) is 9.73 Å². The average molecular weight is 529 g/mol. The van der Waals surface area contributed by atoms with E-state index in [9.17, 15) is 4.79 Å². The molecule has 0 saturated heterocycles. The van der Waals surface area contributed by atoms with Gasteiger partial charge in [0.1, 0.15) is 12.4 Å². The van der Waals surface area contributed by atoms with Crippen LogP contribution < -0.4 is 16.2 Å². The highest BCUT2D eigenvalue weighted by atomic mass is 127. The van der Waals surface area contributed by atoms with Crippen molar-refractivity contribution in [2.45, 2.75) is 58.3 Å². The summed E-state index contributed by atoms with van der Waals surface area (Å²) in [5, 5.41) is 11.4. The van der Waals surface area contributed by atoms with Crippen LogP contribution in [0, 0.1) is 0 Å². The van der Waals surface area contributed by atoms with Gasteiger partial charge < -0.3 is 19.9 Å². The summed E-state index contributed by atoms with van der Waals surface area (Å²) in [7, 11) is 1.65. The van der Waals surface area contributed by atoms with E-state index in [1.54, 1.807) is 23.8 Å². The Morgan fingerprint density at radius 1 is 1.37 bits per heavy atom. The van der Waals surface area contributed by atoms with Gasteiger partial charge in [-0.05, 0) is 32.3 Å². The van der Waals surface area contributed by atoms with Crippen molar-refractivity contribution in [3.05, 3.63) is 46.4 Å². The summed E-state index contributed by atoms with van der Waals surface area (Å²) >= 11 is 0. The van der Waals surface area contributed by atoms with Gasteiger partial charge in [-0.2, -0.15) is 5.10 Å². The monoisotopic (exact) mass is 529 g/mol. The second-order valence-corrected chi connectivity index (χ2v) is 7.14. The first-order valence-electron chi connectivity index (χ1n) is 10.3. The van der Waals surface area contributed by atoms with Crippen LogP contribution in [0.5, 0.6) is 0 Å². The predicted molar refractivity (Wildman–Crippen MR) is 127 cm³/mol. The number of pyridine rings is 1. The van der Waals surface area contributed by atoms with Crippen LogP contribution in [-0.2, 0) is 30.9 Å². The Bertz CT molecular complexity index is 865. The van der Waals surface area contributed by atoms with Crippen molar-refractivity contribution < 1.29 is 4.74 Å². The second kappa shape index (κ2) is 12.7.